The predicted molar refractivity (Wildman–Crippen MR) is 95.7 cm³/mol. The second kappa shape index (κ2) is 6.11. The van der Waals surface area contributed by atoms with E-state index in [4.69, 9.17) is 9.47 Å². The molecular formula is C20H24N2O4. The van der Waals surface area contributed by atoms with Gasteiger partial charge in [0, 0.05) is 6.07 Å². The van der Waals surface area contributed by atoms with Crippen LogP contribution in [0, 0.1) is 23.7 Å². The fraction of sp³-hybridized carbons (Fsp3) is 0.550. The molecule has 0 amide bonds. The van der Waals surface area contributed by atoms with Crippen LogP contribution in [-0.2, 0) is 9.53 Å². The van der Waals surface area contributed by atoms with E-state index >= 15 is 0 Å². The normalized spacial score (nSPS) is 27.2. The number of carbonyl (C=O) groups is 1. The molecule has 138 valence electrons. The number of hydrogen-bond acceptors (Lipinski definition) is 6. The van der Waals surface area contributed by atoms with Crippen molar-refractivity contribution in [2.45, 2.75) is 39.2 Å². The number of phenolic OH excluding ortho intramolecular Hbond substituents is 1. The first-order valence-corrected chi connectivity index (χ1v) is 9.11. The lowest BCUT2D eigenvalue weighted by atomic mass is 10.00. The van der Waals surface area contributed by atoms with E-state index < -0.39 is 5.60 Å². The van der Waals surface area contributed by atoms with Crippen LogP contribution in [0.15, 0.2) is 24.4 Å². The van der Waals surface area contributed by atoms with E-state index in [0.717, 1.165) is 18.4 Å². The number of aromatic nitrogens is 2. The maximum atomic E-state index is 12.2. The minimum absolute atomic E-state index is 0.0314. The summed E-state index contributed by atoms with van der Waals surface area (Å²) in [4.78, 5) is 20.9. The topological polar surface area (TPSA) is 81.5 Å². The molecule has 4 atom stereocenters. The van der Waals surface area contributed by atoms with Crippen molar-refractivity contribution in [3.05, 3.63) is 24.4 Å². The van der Waals surface area contributed by atoms with Crippen LogP contribution < -0.4 is 4.74 Å². The van der Waals surface area contributed by atoms with Crippen LogP contribution in [0.4, 0.5) is 0 Å². The number of rotatable bonds is 4. The molecule has 1 N–H and O–H groups in total. The summed E-state index contributed by atoms with van der Waals surface area (Å²) in [6, 6.07) is 4.89. The lowest BCUT2D eigenvalue weighted by molar-refractivity contribution is -0.160. The number of fused-ring (bicyclic) bond motifs is 2. The first-order valence-electron chi connectivity index (χ1n) is 9.11. The first-order chi connectivity index (χ1) is 12.3. The van der Waals surface area contributed by atoms with Gasteiger partial charge < -0.3 is 14.6 Å². The van der Waals surface area contributed by atoms with Gasteiger partial charge in [-0.15, -0.1) is 0 Å². The highest BCUT2D eigenvalue weighted by molar-refractivity contribution is 5.76. The minimum Gasteiger partial charge on any atom is -0.508 e. The van der Waals surface area contributed by atoms with Crippen LogP contribution in [0.25, 0.3) is 11.0 Å². The summed E-state index contributed by atoms with van der Waals surface area (Å²) in [7, 11) is 0. The number of carbonyl (C=O) groups excluding carboxylic acids is 1. The van der Waals surface area contributed by atoms with E-state index in [9.17, 15) is 9.90 Å². The number of aromatic hydroxyl groups is 1. The zero-order valence-electron chi connectivity index (χ0n) is 15.3. The molecule has 2 unspecified atom stereocenters. The molecule has 0 aliphatic heterocycles. The molecule has 2 saturated carbocycles. The largest absolute Gasteiger partial charge is 0.508 e. The molecular weight excluding hydrogens is 332 g/mol. The number of ether oxygens (including phenoxy) is 2. The Morgan fingerprint density at radius 3 is 2.65 bits per heavy atom. The van der Waals surface area contributed by atoms with E-state index in [1.807, 2.05) is 20.8 Å². The highest BCUT2D eigenvalue weighted by atomic mass is 16.6. The van der Waals surface area contributed by atoms with Crippen molar-refractivity contribution in [3.8, 4) is 11.6 Å². The summed E-state index contributed by atoms with van der Waals surface area (Å²) < 4.78 is 11.3. The second-order valence-electron chi connectivity index (χ2n) is 8.39. The molecule has 0 saturated heterocycles. The second-order valence-corrected chi connectivity index (χ2v) is 8.39. The van der Waals surface area contributed by atoms with Gasteiger partial charge in [0.05, 0.1) is 29.8 Å². The van der Waals surface area contributed by atoms with Crippen molar-refractivity contribution in [3.63, 3.8) is 0 Å². The summed E-state index contributed by atoms with van der Waals surface area (Å²) in [6.45, 7) is 6.31. The predicted octanol–water partition coefficient (Wildman–Crippen LogP) is 3.33. The fourth-order valence-electron chi connectivity index (χ4n) is 4.04. The summed E-state index contributed by atoms with van der Waals surface area (Å²) in [6.07, 6.45) is 3.40. The summed E-state index contributed by atoms with van der Waals surface area (Å²) >= 11 is 0. The molecule has 0 spiro atoms. The van der Waals surface area contributed by atoms with E-state index in [-0.39, 0.29) is 17.6 Å². The van der Waals surface area contributed by atoms with Gasteiger partial charge in [0.1, 0.15) is 11.4 Å². The van der Waals surface area contributed by atoms with Crippen molar-refractivity contribution >= 4 is 17.0 Å². The monoisotopic (exact) mass is 356 g/mol. The van der Waals surface area contributed by atoms with Gasteiger partial charge in [-0.2, -0.15) is 0 Å². The molecule has 1 aromatic carbocycles. The summed E-state index contributed by atoms with van der Waals surface area (Å²) in [5.41, 5.74) is 0.914. The molecule has 1 heterocycles. The Morgan fingerprint density at radius 1 is 1.23 bits per heavy atom. The van der Waals surface area contributed by atoms with E-state index in [2.05, 4.69) is 9.97 Å². The lowest BCUT2D eigenvalue weighted by Crippen LogP contribution is -2.28. The van der Waals surface area contributed by atoms with E-state index in [1.165, 1.54) is 0 Å². The number of nitrogens with zero attached hydrogens (tertiary/aromatic N) is 2. The molecule has 4 rings (SSSR count). The number of benzene rings is 1. The maximum Gasteiger partial charge on any atom is 0.309 e. The van der Waals surface area contributed by atoms with Crippen LogP contribution in [-0.4, -0.2) is 33.3 Å². The average molecular weight is 356 g/mol. The number of phenols is 1. The Labute approximate surface area is 152 Å². The Kier molecular flexibility index (Phi) is 4.01. The van der Waals surface area contributed by atoms with Crippen LogP contribution in [0.1, 0.15) is 33.6 Å². The Bertz CT molecular complexity index is 833. The molecule has 2 aromatic rings. The Hall–Kier alpha value is -2.37. The molecule has 0 bridgehead atoms. The van der Waals surface area contributed by atoms with Crippen molar-refractivity contribution in [2.24, 2.45) is 23.7 Å². The van der Waals surface area contributed by atoms with Crippen molar-refractivity contribution in [1.29, 1.82) is 0 Å². The molecule has 6 nitrogen and oxygen atoms in total. The zero-order valence-corrected chi connectivity index (χ0v) is 15.3. The molecule has 26 heavy (non-hydrogen) atoms. The third-order valence-electron chi connectivity index (χ3n) is 5.29. The third-order valence-corrected chi connectivity index (χ3v) is 5.29. The van der Waals surface area contributed by atoms with Gasteiger partial charge in [0.15, 0.2) is 0 Å². The molecule has 0 radical (unpaired) electrons. The van der Waals surface area contributed by atoms with Crippen molar-refractivity contribution in [1.82, 2.24) is 9.97 Å². The molecule has 2 aliphatic carbocycles. The standard InChI is InChI=1S/C20H24N2O4/c1-20(2,3)26-19(24)11-6-13-14(7-11)15(13)10-25-18-9-21-16-5-4-12(23)8-17(16)22-18/h4-5,8-9,11,13-15,23H,6-7,10H2,1-3H3/t11?,13-,14+,15?. The van der Waals surface area contributed by atoms with Gasteiger partial charge in [-0.1, -0.05) is 0 Å². The van der Waals surface area contributed by atoms with Crippen molar-refractivity contribution < 1.29 is 19.4 Å². The molecule has 1 aromatic heterocycles. The van der Waals surface area contributed by atoms with Crippen LogP contribution >= 0.6 is 0 Å². The minimum atomic E-state index is -0.421. The average Bonchev–Trinajstić information content (AvgIpc) is 3.00. The van der Waals surface area contributed by atoms with Gasteiger partial charge >= 0.3 is 5.97 Å². The van der Waals surface area contributed by atoms with E-state index in [1.54, 1.807) is 24.4 Å². The van der Waals surface area contributed by atoms with E-state index in [0.29, 0.717) is 35.8 Å². The fourth-order valence-corrected chi connectivity index (χ4v) is 4.04. The maximum absolute atomic E-state index is 12.2. The highest BCUT2D eigenvalue weighted by Crippen LogP contribution is 2.59. The van der Waals surface area contributed by atoms with Crippen molar-refractivity contribution in [2.75, 3.05) is 6.61 Å². The summed E-state index contributed by atoms with van der Waals surface area (Å²) in [5, 5.41) is 9.55. The smallest absolute Gasteiger partial charge is 0.309 e. The Balaban J connectivity index is 1.30. The molecule has 2 fully saturated rings. The van der Waals surface area contributed by atoms with Gasteiger partial charge in [0.25, 0.3) is 0 Å². The number of esters is 1. The molecule has 6 heteroatoms. The SMILES string of the molecule is CC(C)(C)OC(=O)C1C[C@@H]2C(COc3cnc4ccc(O)cc4n3)[C@@H]2C1. The summed E-state index contributed by atoms with van der Waals surface area (Å²) in [5.74, 6) is 2.17. The van der Waals surface area contributed by atoms with Crippen LogP contribution in [0.5, 0.6) is 11.6 Å². The van der Waals surface area contributed by atoms with Crippen LogP contribution in [0.3, 0.4) is 0 Å². The Morgan fingerprint density at radius 2 is 1.96 bits per heavy atom. The van der Waals surface area contributed by atoms with Crippen LogP contribution in [0.2, 0.25) is 0 Å². The van der Waals surface area contributed by atoms with Gasteiger partial charge in [0.2, 0.25) is 5.88 Å². The van der Waals surface area contributed by atoms with Gasteiger partial charge in [-0.05, 0) is 63.5 Å². The highest BCUT2D eigenvalue weighted by Gasteiger charge is 2.58. The van der Waals surface area contributed by atoms with Gasteiger partial charge in [-0.3, -0.25) is 4.79 Å². The third kappa shape index (κ3) is 3.45. The number of hydrogen-bond donors (Lipinski definition) is 1. The quantitative estimate of drug-likeness (QED) is 0.846. The zero-order chi connectivity index (χ0) is 18.5. The first kappa shape index (κ1) is 17.1. The lowest BCUT2D eigenvalue weighted by Gasteiger charge is -2.23. The van der Waals surface area contributed by atoms with Gasteiger partial charge in [-0.25, -0.2) is 9.97 Å². The molecule has 2 aliphatic rings.